The Morgan fingerprint density at radius 1 is 1.36 bits per heavy atom. The Morgan fingerprint density at radius 3 is 2.09 bits per heavy atom. The molecule has 1 nitrogen and oxygen atoms in total. The van der Waals surface area contributed by atoms with E-state index in [1.807, 2.05) is 6.92 Å². The number of halogens is 2. The first-order valence-electron chi connectivity index (χ1n) is 4.03. The van der Waals surface area contributed by atoms with Crippen LogP contribution in [0.25, 0.3) is 0 Å². The molecule has 11 heavy (non-hydrogen) atoms. The van der Waals surface area contributed by atoms with Gasteiger partial charge in [0.1, 0.15) is 6.10 Å². The molecule has 0 aromatic rings. The summed E-state index contributed by atoms with van der Waals surface area (Å²) in [6, 6.07) is 0. The SMILES string of the molecule is CC[C@H]1OC(C)C(F)(F)[C@H]1C. The van der Waals surface area contributed by atoms with E-state index in [-0.39, 0.29) is 6.10 Å². The fourth-order valence-electron chi connectivity index (χ4n) is 1.54. The van der Waals surface area contributed by atoms with Crippen molar-refractivity contribution in [3.05, 3.63) is 0 Å². The highest BCUT2D eigenvalue weighted by Crippen LogP contribution is 2.41. The second kappa shape index (κ2) is 2.70. The maximum atomic E-state index is 13.0. The highest BCUT2D eigenvalue weighted by molar-refractivity contribution is 4.91. The molecule has 0 radical (unpaired) electrons. The zero-order chi connectivity index (χ0) is 8.65. The van der Waals surface area contributed by atoms with Gasteiger partial charge in [0.15, 0.2) is 0 Å². The molecule has 3 heteroatoms. The molecule has 0 amide bonds. The predicted octanol–water partition coefficient (Wildman–Crippen LogP) is 2.46. The molecule has 1 aliphatic heterocycles. The summed E-state index contributed by atoms with van der Waals surface area (Å²) >= 11 is 0. The van der Waals surface area contributed by atoms with Gasteiger partial charge >= 0.3 is 0 Å². The fraction of sp³-hybridized carbons (Fsp3) is 1.00. The van der Waals surface area contributed by atoms with Gasteiger partial charge < -0.3 is 4.74 Å². The van der Waals surface area contributed by atoms with Crippen LogP contribution in [0, 0.1) is 5.92 Å². The first-order chi connectivity index (χ1) is 5.00. The van der Waals surface area contributed by atoms with Gasteiger partial charge in [0, 0.05) is 5.92 Å². The van der Waals surface area contributed by atoms with Crippen molar-refractivity contribution in [2.45, 2.75) is 45.3 Å². The number of ether oxygens (including phenoxy) is 1. The Morgan fingerprint density at radius 2 is 1.91 bits per heavy atom. The van der Waals surface area contributed by atoms with E-state index in [9.17, 15) is 8.78 Å². The zero-order valence-corrected chi connectivity index (χ0v) is 7.10. The van der Waals surface area contributed by atoms with Crippen LogP contribution in [0.2, 0.25) is 0 Å². The van der Waals surface area contributed by atoms with Crippen LogP contribution in [0.4, 0.5) is 8.78 Å². The van der Waals surface area contributed by atoms with Crippen molar-refractivity contribution >= 4 is 0 Å². The molecule has 1 fully saturated rings. The minimum atomic E-state index is -2.64. The molecule has 1 heterocycles. The standard InChI is InChI=1S/C8H14F2O/c1-4-7-5(2)8(9,10)6(3)11-7/h5-7H,4H2,1-3H3/t5-,6?,7+/m0/s1. The largest absolute Gasteiger partial charge is 0.369 e. The second-order valence-electron chi connectivity index (χ2n) is 3.19. The van der Waals surface area contributed by atoms with Crippen LogP contribution in [0.1, 0.15) is 27.2 Å². The summed E-state index contributed by atoms with van der Waals surface area (Å²) in [5, 5.41) is 0. The molecule has 0 aliphatic carbocycles. The van der Waals surface area contributed by atoms with E-state index < -0.39 is 17.9 Å². The van der Waals surface area contributed by atoms with Crippen molar-refractivity contribution in [1.82, 2.24) is 0 Å². The molecule has 1 unspecified atom stereocenters. The maximum Gasteiger partial charge on any atom is 0.278 e. The van der Waals surface area contributed by atoms with Crippen LogP contribution < -0.4 is 0 Å². The Labute approximate surface area is 65.7 Å². The van der Waals surface area contributed by atoms with Gasteiger partial charge in [-0.05, 0) is 13.3 Å². The third-order valence-corrected chi connectivity index (χ3v) is 2.49. The van der Waals surface area contributed by atoms with E-state index in [4.69, 9.17) is 4.74 Å². The summed E-state index contributed by atoms with van der Waals surface area (Å²) in [5.41, 5.74) is 0. The van der Waals surface area contributed by atoms with Crippen molar-refractivity contribution in [2.24, 2.45) is 5.92 Å². The molecule has 0 N–H and O–H groups in total. The zero-order valence-electron chi connectivity index (χ0n) is 7.10. The second-order valence-corrected chi connectivity index (χ2v) is 3.19. The van der Waals surface area contributed by atoms with E-state index in [0.717, 1.165) is 0 Å². The van der Waals surface area contributed by atoms with E-state index in [0.29, 0.717) is 6.42 Å². The molecule has 3 atom stereocenters. The van der Waals surface area contributed by atoms with Gasteiger partial charge in [-0.2, -0.15) is 0 Å². The molecule has 0 spiro atoms. The molecule has 1 saturated heterocycles. The lowest BCUT2D eigenvalue weighted by molar-refractivity contribution is -0.0770. The Bertz CT molecular complexity index is 147. The van der Waals surface area contributed by atoms with Gasteiger partial charge in [-0.1, -0.05) is 13.8 Å². The van der Waals surface area contributed by atoms with Crippen LogP contribution in [0.5, 0.6) is 0 Å². The van der Waals surface area contributed by atoms with Gasteiger partial charge in [-0.15, -0.1) is 0 Å². The molecule has 66 valence electrons. The summed E-state index contributed by atoms with van der Waals surface area (Å²) < 4.78 is 31.2. The third-order valence-electron chi connectivity index (χ3n) is 2.49. The Kier molecular flexibility index (Phi) is 2.19. The highest BCUT2D eigenvalue weighted by atomic mass is 19.3. The fourth-order valence-corrected chi connectivity index (χ4v) is 1.54. The van der Waals surface area contributed by atoms with Crippen molar-refractivity contribution < 1.29 is 13.5 Å². The Hall–Kier alpha value is -0.180. The van der Waals surface area contributed by atoms with E-state index >= 15 is 0 Å². The predicted molar refractivity (Wildman–Crippen MR) is 38.7 cm³/mol. The van der Waals surface area contributed by atoms with Crippen LogP contribution in [0.3, 0.4) is 0 Å². The number of rotatable bonds is 1. The summed E-state index contributed by atoms with van der Waals surface area (Å²) in [4.78, 5) is 0. The van der Waals surface area contributed by atoms with Gasteiger partial charge in [0.2, 0.25) is 0 Å². The van der Waals surface area contributed by atoms with E-state index in [1.54, 1.807) is 6.92 Å². The molecular formula is C8H14F2O. The third kappa shape index (κ3) is 1.26. The van der Waals surface area contributed by atoms with E-state index in [2.05, 4.69) is 0 Å². The minimum absolute atomic E-state index is 0.264. The topological polar surface area (TPSA) is 9.23 Å². The van der Waals surface area contributed by atoms with Crippen molar-refractivity contribution in [2.75, 3.05) is 0 Å². The first-order valence-corrected chi connectivity index (χ1v) is 4.03. The Balaban J connectivity index is 2.71. The molecule has 1 aliphatic rings. The average Bonchev–Trinajstić information content (AvgIpc) is 2.14. The summed E-state index contributed by atoms with van der Waals surface area (Å²) in [6.45, 7) is 4.86. The monoisotopic (exact) mass is 164 g/mol. The van der Waals surface area contributed by atoms with Crippen LogP contribution in [-0.2, 0) is 4.74 Å². The van der Waals surface area contributed by atoms with Gasteiger partial charge in [0.05, 0.1) is 6.10 Å². The molecule has 0 aromatic carbocycles. The van der Waals surface area contributed by atoms with Crippen molar-refractivity contribution in [3.63, 3.8) is 0 Å². The normalized spacial score (nSPS) is 42.8. The summed E-state index contributed by atoms with van der Waals surface area (Å²) in [5.74, 6) is -3.27. The molecule has 0 aromatic heterocycles. The quantitative estimate of drug-likeness (QED) is 0.578. The molecule has 1 rings (SSSR count). The minimum Gasteiger partial charge on any atom is -0.369 e. The maximum absolute atomic E-state index is 13.0. The summed E-state index contributed by atoms with van der Waals surface area (Å²) in [7, 11) is 0. The highest BCUT2D eigenvalue weighted by Gasteiger charge is 2.53. The molecule has 0 bridgehead atoms. The van der Waals surface area contributed by atoms with Gasteiger partial charge in [-0.3, -0.25) is 0 Å². The number of alkyl halides is 2. The lowest BCUT2D eigenvalue weighted by Crippen LogP contribution is -2.31. The first kappa shape index (κ1) is 8.91. The number of hydrogen-bond acceptors (Lipinski definition) is 1. The van der Waals surface area contributed by atoms with Crippen molar-refractivity contribution in [3.8, 4) is 0 Å². The van der Waals surface area contributed by atoms with Crippen LogP contribution in [-0.4, -0.2) is 18.1 Å². The van der Waals surface area contributed by atoms with E-state index in [1.165, 1.54) is 6.92 Å². The van der Waals surface area contributed by atoms with Gasteiger partial charge in [-0.25, -0.2) is 8.78 Å². The van der Waals surface area contributed by atoms with Crippen molar-refractivity contribution in [1.29, 1.82) is 0 Å². The summed E-state index contributed by atoms with van der Waals surface area (Å²) in [6.07, 6.45) is -0.511. The average molecular weight is 164 g/mol. The smallest absolute Gasteiger partial charge is 0.278 e. The molecular weight excluding hydrogens is 150 g/mol. The lowest BCUT2D eigenvalue weighted by Gasteiger charge is -2.17. The molecule has 0 saturated carbocycles. The van der Waals surface area contributed by atoms with Gasteiger partial charge in [0.25, 0.3) is 5.92 Å². The number of hydrogen-bond donors (Lipinski definition) is 0. The van der Waals surface area contributed by atoms with Crippen LogP contribution in [0.15, 0.2) is 0 Å². The lowest BCUT2D eigenvalue weighted by atomic mass is 9.96. The van der Waals surface area contributed by atoms with Crippen LogP contribution >= 0.6 is 0 Å².